The fourth-order valence-electron chi connectivity index (χ4n) is 3.16. The first-order chi connectivity index (χ1) is 9.54. The van der Waals surface area contributed by atoms with Crippen LogP contribution in [0.15, 0.2) is 12.1 Å². The highest BCUT2D eigenvalue weighted by Gasteiger charge is 2.24. The molecule has 3 nitrogen and oxygen atoms in total. The molecule has 1 aliphatic rings. The molecule has 1 aromatic rings. The summed E-state index contributed by atoms with van der Waals surface area (Å²) in [5.74, 6) is 2.02. The third-order valence-electron chi connectivity index (χ3n) is 4.49. The molecular weight excluding hydrogens is 248 g/mol. The predicted octanol–water partition coefficient (Wildman–Crippen LogP) is 3.13. The summed E-state index contributed by atoms with van der Waals surface area (Å²) in [5, 5.41) is 3.41. The first-order valence-electron chi connectivity index (χ1n) is 7.69. The van der Waals surface area contributed by atoms with Gasteiger partial charge in [0.05, 0.1) is 7.11 Å². The van der Waals surface area contributed by atoms with Crippen molar-refractivity contribution in [3.05, 3.63) is 28.8 Å². The van der Waals surface area contributed by atoms with Gasteiger partial charge in [0.2, 0.25) is 0 Å². The van der Waals surface area contributed by atoms with Crippen molar-refractivity contribution in [1.29, 1.82) is 0 Å². The van der Waals surface area contributed by atoms with Crippen LogP contribution in [0.2, 0.25) is 0 Å². The minimum atomic E-state index is 0.139. The highest BCUT2D eigenvalue weighted by molar-refractivity contribution is 5.45. The molecule has 112 valence electrons. The smallest absolute Gasteiger partial charge is 0.122 e. The molecule has 0 bridgehead atoms. The Kier molecular flexibility index (Phi) is 5.06. The van der Waals surface area contributed by atoms with Gasteiger partial charge in [-0.05, 0) is 67.4 Å². The van der Waals surface area contributed by atoms with Crippen molar-refractivity contribution in [2.24, 2.45) is 11.7 Å². The van der Waals surface area contributed by atoms with Gasteiger partial charge in [0.1, 0.15) is 5.75 Å². The van der Waals surface area contributed by atoms with Crippen LogP contribution in [0.5, 0.6) is 5.75 Å². The van der Waals surface area contributed by atoms with Gasteiger partial charge in [-0.25, -0.2) is 0 Å². The number of hydrogen-bond acceptors (Lipinski definition) is 3. The van der Waals surface area contributed by atoms with Crippen molar-refractivity contribution >= 4 is 0 Å². The van der Waals surface area contributed by atoms with E-state index in [2.05, 4.69) is 38.2 Å². The van der Waals surface area contributed by atoms with Gasteiger partial charge in [-0.2, -0.15) is 0 Å². The summed E-state index contributed by atoms with van der Waals surface area (Å²) < 4.78 is 5.52. The minimum absolute atomic E-state index is 0.139. The molecule has 1 aliphatic heterocycles. The van der Waals surface area contributed by atoms with E-state index in [0.29, 0.717) is 11.8 Å². The lowest BCUT2D eigenvalue weighted by atomic mass is 9.83. The molecule has 3 heteroatoms. The van der Waals surface area contributed by atoms with E-state index in [1.54, 1.807) is 7.11 Å². The van der Waals surface area contributed by atoms with Crippen LogP contribution in [0.3, 0.4) is 0 Å². The summed E-state index contributed by atoms with van der Waals surface area (Å²) >= 11 is 0. The minimum Gasteiger partial charge on any atom is -0.496 e. The third kappa shape index (κ3) is 3.15. The second kappa shape index (κ2) is 6.59. The van der Waals surface area contributed by atoms with E-state index in [9.17, 15) is 0 Å². The normalized spacial score (nSPS) is 18.3. The molecule has 0 amide bonds. The zero-order chi connectivity index (χ0) is 14.7. The third-order valence-corrected chi connectivity index (χ3v) is 4.49. The van der Waals surface area contributed by atoms with Gasteiger partial charge >= 0.3 is 0 Å². The number of rotatable bonds is 4. The number of benzene rings is 1. The Balaban J connectivity index is 2.32. The molecule has 0 radical (unpaired) electrons. The van der Waals surface area contributed by atoms with Crippen LogP contribution >= 0.6 is 0 Å². The SMILES string of the molecule is COc1cc(C)c(C(N)C2CCNCC2)cc1C(C)C. The molecule has 1 fully saturated rings. The maximum Gasteiger partial charge on any atom is 0.122 e. The van der Waals surface area contributed by atoms with Crippen LogP contribution in [0, 0.1) is 12.8 Å². The lowest BCUT2D eigenvalue weighted by molar-refractivity contribution is 0.321. The molecule has 2 rings (SSSR count). The molecule has 3 N–H and O–H groups in total. The van der Waals surface area contributed by atoms with Crippen molar-refractivity contribution in [2.45, 2.75) is 45.6 Å². The number of nitrogens with one attached hydrogen (secondary N) is 1. The largest absolute Gasteiger partial charge is 0.496 e. The van der Waals surface area contributed by atoms with Crippen molar-refractivity contribution in [3.63, 3.8) is 0 Å². The number of piperidine rings is 1. The summed E-state index contributed by atoms with van der Waals surface area (Å²) in [6.45, 7) is 8.72. The maximum atomic E-state index is 6.56. The van der Waals surface area contributed by atoms with Gasteiger partial charge in [0.25, 0.3) is 0 Å². The Morgan fingerprint density at radius 2 is 1.85 bits per heavy atom. The summed E-state index contributed by atoms with van der Waals surface area (Å²) in [6.07, 6.45) is 2.34. The van der Waals surface area contributed by atoms with Gasteiger partial charge in [-0.15, -0.1) is 0 Å². The van der Waals surface area contributed by atoms with Crippen LogP contribution < -0.4 is 15.8 Å². The molecule has 0 aromatic heterocycles. The first kappa shape index (κ1) is 15.3. The van der Waals surface area contributed by atoms with Crippen LogP contribution in [0.25, 0.3) is 0 Å². The Labute approximate surface area is 122 Å². The second-order valence-electron chi connectivity index (χ2n) is 6.22. The molecule has 20 heavy (non-hydrogen) atoms. The van der Waals surface area contributed by atoms with Gasteiger partial charge in [-0.1, -0.05) is 19.9 Å². The summed E-state index contributed by atoms with van der Waals surface area (Å²) in [6, 6.07) is 4.55. The van der Waals surface area contributed by atoms with Crippen molar-refractivity contribution in [2.75, 3.05) is 20.2 Å². The highest BCUT2D eigenvalue weighted by atomic mass is 16.5. The van der Waals surface area contributed by atoms with E-state index in [1.165, 1.54) is 29.5 Å². The Morgan fingerprint density at radius 3 is 2.40 bits per heavy atom. The topological polar surface area (TPSA) is 47.3 Å². The lowest BCUT2D eigenvalue weighted by Crippen LogP contribution is -2.34. The molecule has 1 unspecified atom stereocenters. The average Bonchev–Trinajstić information content (AvgIpc) is 2.46. The molecule has 0 saturated carbocycles. The standard InChI is InChI=1S/C17H28N2O/c1-11(2)14-10-15(12(3)9-16(14)20-4)17(18)13-5-7-19-8-6-13/h9-11,13,17,19H,5-8,18H2,1-4H3. The van der Waals surface area contributed by atoms with Gasteiger partial charge < -0.3 is 15.8 Å². The van der Waals surface area contributed by atoms with Crippen LogP contribution in [-0.2, 0) is 0 Å². The molecule has 1 atom stereocenters. The fraction of sp³-hybridized carbons (Fsp3) is 0.647. The van der Waals surface area contributed by atoms with E-state index in [1.807, 2.05) is 0 Å². The molecule has 1 saturated heterocycles. The quantitative estimate of drug-likeness (QED) is 0.888. The number of hydrogen-bond donors (Lipinski definition) is 2. The molecule has 0 aliphatic carbocycles. The maximum absolute atomic E-state index is 6.56. The summed E-state index contributed by atoms with van der Waals surface area (Å²) in [7, 11) is 1.74. The Hall–Kier alpha value is -1.06. The van der Waals surface area contributed by atoms with Gasteiger partial charge in [0.15, 0.2) is 0 Å². The van der Waals surface area contributed by atoms with E-state index >= 15 is 0 Å². The zero-order valence-electron chi connectivity index (χ0n) is 13.2. The van der Waals surface area contributed by atoms with Crippen LogP contribution in [0.4, 0.5) is 0 Å². The molecular formula is C17H28N2O. The molecule has 1 heterocycles. The number of nitrogens with two attached hydrogens (primary N) is 1. The van der Waals surface area contributed by atoms with Gasteiger partial charge in [-0.3, -0.25) is 0 Å². The zero-order valence-corrected chi connectivity index (χ0v) is 13.2. The van der Waals surface area contributed by atoms with Crippen LogP contribution in [0.1, 0.15) is 55.3 Å². The first-order valence-corrected chi connectivity index (χ1v) is 7.69. The van der Waals surface area contributed by atoms with Crippen molar-refractivity contribution in [3.8, 4) is 5.75 Å². The number of methoxy groups -OCH3 is 1. The monoisotopic (exact) mass is 276 g/mol. The van der Waals surface area contributed by atoms with E-state index in [4.69, 9.17) is 10.5 Å². The van der Waals surface area contributed by atoms with Crippen molar-refractivity contribution < 1.29 is 4.74 Å². The van der Waals surface area contributed by atoms with E-state index in [-0.39, 0.29) is 6.04 Å². The van der Waals surface area contributed by atoms with E-state index < -0.39 is 0 Å². The predicted molar refractivity (Wildman–Crippen MR) is 84.3 cm³/mol. The number of ether oxygens (including phenoxy) is 1. The van der Waals surface area contributed by atoms with Gasteiger partial charge in [0, 0.05) is 6.04 Å². The van der Waals surface area contributed by atoms with Crippen molar-refractivity contribution in [1.82, 2.24) is 5.32 Å². The Morgan fingerprint density at radius 1 is 1.20 bits per heavy atom. The fourth-order valence-corrected chi connectivity index (χ4v) is 3.16. The Bertz CT molecular complexity index is 451. The summed E-state index contributed by atoms with van der Waals surface area (Å²) in [5.41, 5.74) is 10.4. The number of aryl methyl sites for hydroxylation is 1. The van der Waals surface area contributed by atoms with E-state index in [0.717, 1.165) is 18.8 Å². The molecule has 0 spiro atoms. The average molecular weight is 276 g/mol. The lowest BCUT2D eigenvalue weighted by Gasteiger charge is -2.30. The molecule has 1 aromatic carbocycles. The summed E-state index contributed by atoms with van der Waals surface area (Å²) in [4.78, 5) is 0. The van der Waals surface area contributed by atoms with Crippen LogP contribution in [-0.4, -0.2) is 20.2 Å². The second-order valence-corrected chi connectivity index (χ2v) is 6.22. The highest BCUT2D eigenvalue weighted by Crippen LogP contribution is 2.35.